The van der Waals surface area contributed by atoms with Crippen LogP contribution in [0.2, 0.25) is 0 Å². The number of carbonyl (C=O) groups is 1. The second-order valence-electron chi connectivity index (χ2n) is 7.70. The average molecular weight is 380 g/mol. The van der Waals surface area contributed by atoms with Crippen LogP contribution in [-0.4, -0.2) is 56.7 Å². The number of amides is 1. The van der Waals surface area contributed by atoms with Crippen molar-refractivity contribution < 1.29 is 14.3 Å². The lowest BCUT2D eigenvalue weighted by atomic mass is 10.0. The number of fused-ring (bicyclic) bond motifs is 1. The van der Waals surface area contributed by atoms with Crippen LogP contribution in [0, 0.1) is 0 Å². The van der Waals surface area contributed by atoms with Crippen molar-refractivity contribution in [2.45, 2.75) is 25.6 Å². The van der Waals surface area contributed by atoms with E-state index in [2.05, 4.69) is 9.97 Å². The normalized spacial score (nSPS) is 19.0. The highest BCUT2D eigenvalue weighted by atomic mass is 16.5. The summed E-state index contributed by atoms with van der Waals surface area (Å²) in [6.45, 7) is 5.33. The Labute approximate surface area is 163 Å². The van der Waals surface area contributed by atoms with Crippen molar-refractivity contribution in [2.24, 2.45) is 7.05 Å². The Kier molecular flexibility index (Phi) is 4.77. The fraction of sp³-hybridized carbons (Fsp3) is 0.381. The predicted molar refractivity (Wildman–Crippen MR) is 105 cm³/mol. The van der Waals surface area contributed by atoms with Crippen LogP contribution in [0.25, 0.3) is 11.2 Å². The number of pyridine rings is 1. The molecule has 1 unspecified atom stereocenters. The van der Waals surface area contributed by atoms with E-state index in [0.29, 0.717) is 36.4 Å². The largest absolute Gasteiger partial charge is 0.491 e. The van der Waals surface area contributed by atoms with E-state index in [4.69, 9.17) is 9.47 Å². The molecule has 1 aromatic carbocycles. The average Bonchev–Trinajstić information content (AvgIpc) is 3.07. The van der Waals surface area contributed by atoms with Crippen LogP contribution < -0.4 is 4.74 Å². The molecule has 0 radical (unpaired) electrons. The highest BCUT2D eigenvalue weighted by Crippen LogP contribution is 2.25. The zero-order valence-corrected chi connectivity index (χ0v) is 16.3. The Hall–Kier alpha value is -2.93. The first-order valence-electron chi connectivity index (χ1n) is 9.34. The van der Waals surface area contributed by atoms with Gasteiger partial charge in [0, 0.05) is 19.8 Å². The fourth-order valence-corrected chi connectivity index (χ4v) is 3.61. The molecule has 7 nitrogen and oxygen atoms in total. The van der Waals surface area contributed by atoms with Crippen molar-refractivity contribution >= 4 is 17.1 Å². The van der Waals surface area contributed by atoms with Gasteiger partial charge in [0.05, 0.1) is 24.0 Å². The minimum absolute atomic E-state index is 0.0628. The second-order valence-corrected chi connectivity index (χ2v) is 7.70. The first kappa shape index (κ1) is 18.4. The Morgan fingerprint density at radius 2 is 2.04 bits per heavy atom. The Morgan fingerprint density at radius 1 is 1.25 bits per heavy atom. The summed E-state index contributed by atoms with van der Waals surface area (Å²) in [5.74, 6) is 0.726. The van der Waals surface area contributed by atoms with Crippen LogP contribution in [0.1, 0.15) is 24.2 Å². The zero-order chi connectivity index (χ0) is 19.7. The lowest BCUT2D eigenvalue weighted by Crippen LogP contribution is -2.56. The Balaban J connectivity index is 1.53. The van der Waals surface area contributed by atoms with Crippen LogP contribution in [0.15, 0.2) is 48.9 Å². The number of aryl methyl sites for hydroxylation is 1. The van der Waals surface area contributed by atoms with E-state index in [1.165, 1.54) is 0 Å². The number of rotatable bonds is 4. The van der Waals surface area contributed by atoms with E-state index in [-0.39, 0.29) is 12.0 Å². The van der Waals surface area contributed by atoms with E-state index >= 15 is 0 Å². The second kappa shape index (κ2) is 7.24. The summed E-state index contributed by atoms with van der Waals surface area (Å²) >= 11 is 0. The van der Waals surface area contributed by atoms with E-state index in [0.717, 1.165) is 5.75 Å². The molecular weight excluding hydrogens is 356 g/mol. The number of ether oxygens (including phenoxy) is 2. The van der Waals surface area contributed by atoms with E-state index in [1.807, 2.05) is 60.7 Å². The smallest absolute Gasteiger partial charge is 0.256 e. The third-order valence-corrected chi connectivity index (χ3v) is 4.78. The first-order valence-corrected chi connectivity index (χ1v) is 9.34. The Bertz CT molecular complexity index is 984. The summed E-state index contributed by atoms with van der Waals surface area (Å²) in [5.41, 5.74) is 1.42. The molecule has 0 spiro atoms. The fourth-order valence-electron chi connectivity index (χ4n) is 3.61. The van der Waals surface area contributed by atoms with Crippen molar-refractivity contribution in [3.63, 3.8) is 0 Å². The monoisotopic (exact) mass is 380 g/mol. The molecule has 1 atom stereocenters. The van der Waals surface area contributed by atoms with Gasteiger partial charge >= 0.3 is 0 Å². The summed E-state index contributed by atoms with van der Waals surface area (Å²) in [6.07, 6.45) is 3.11. The van der Waals surface area contributed by atoms with E-state index in [9.17, 15) is 4.79 Å². The standard InChI is InChI=1S/C21H24N4O3/c1-21(2)13-25(11-16(28-21)12-27-15-7-5-4-6-8-15)20(26)17-9-10-22-19-18(17)23-14-24(19)3/h4-10,14,16H,11-13H2,1-3H3. The summed E-state index contributed by atoms with van der Waals surface area (Å²) < 4.78 is 13.8. The molecule has 1 aliphatic heterocycles. The molecule has 0 saturated carbocycles. The van der Waals surface area contributed by atoms with Gasteiger partial charge < -0.3 is 18.9 Å². The van der Waals surface area contributed by atoms with E-state index in [1.54, 1.807) is 18.6 Å². The molecule has 2 aromatic heterocycles. The molecule has 0 bridgehead atoms. The van der Waals surface area contributed by atoms with Gasteiger partial charge in [-0.15, -0.1) is 0 Å². The van der Waals surface area contributed by atoms with Gasteiger partial charge in [0.15, 0.2) is 5.65 Å². The number of benzene rings is 1. The number of nitrogens with zero attached hydrogens (tertiary/aromatic N) is 4. The maximum Gasteiger partial charge on any atom is 0.256 e. The van der Waals surface area contributed by atoms with Gasteiger partial charge in [-0.05, 0) is 32.0 Å². The zero-order valence-electron chi connectivity index (χ0n) is 16.3. The molecule has 3 aromatic rings. The quantitative estimate of drug-likeness (QED) is 0.696. The lowest BCUT2D eigenvalue weighted by Gasteiger charge is -2.42. The van der Waals surface area contributed by atoms with Crippen LogP contribution in [-0.2, 0) is 11.8 Å². The first-order chi connectivity index (χ1) is 13.4. The van der Waals surface area contributed by atoms with E-state index < -0.39 is 5.60 Å². The molecule has 1 aliphatic rings. The minimum atomic E-state index is -0.463. The molecular formula is C21H24N4O3. The number of imidazole rings is 1. The molecule has 7 heteroatoms. The number of aromatic nitrogens is 3. The minimum Gasteiger partial charge on any atom is -0.491 e. The third-order valence-electron chi connectivity index (χ3n) is 4.78. The van der Waals surface area contributed by atoms with Gasteiger partial charge in [0.2, 0.25) is 0 Å². The molecule has 0 N–H and O–H groups in total. The molecule has 3 heterocycles. The summed E-state index contributed by atoms with van der Waals surface area (Å²) in [6, 6.07) is 11.4. The van der Waals surface area contributed by atoms with Gasteiger partial charge in [-0.3, -0.25) is 4.79 Å². The number of hydrogen-bond donors (Lipinski definition) is 0. The van der Waals surface area contributed by atoms with Crippen molar-refractivity contribution in [3.05, 3.63) is 54.5 Å². The Morgan fingerprint density at radius 3 is 2.82 bits per heavy atom. The van der Waals surface area contributed by atoms with Crippen LogP contribution in [0.4, 0.5) is 0 Å². The molecule has 1 amide bonds. The summed E-state index contributed by atoms with van der Waals surface area (Å²) in [7, 11) is 1.87. The van der Waals surface area contributed by atoms with Gasteiger partial charge in [0.1, 0.15) is 24.0 Å². The highest BCUT2D eigenvalue weighted by Gasteiger charge is 2.37. The topological polar surface area (TPSA) is 69.5 Å². The number of para-hydroxylation sites is 1. The van der Waals surface area contributed by atoms with Crippen molar-refractivity contribution in [1.82, 2.24) is 19.4 Å². The van der Waals surface area contributed by atoms with Gasteiger partial charge in [-0.25, -0.2) is 9.97 Å². The molecule has 0 aliphatic carbocycles. The highest BCUT2D eigenvalue weighted by molar-refractivity contribution is 6.04. The molecule has 28 heavy (non-hydrogen) atoms. The lowest BCUT2D eigenvalue weighted by molar-refractivity contribution is -0.136. The van der Waals surface area contributed by atoms with Gasteiger partial charge in [-0.1, -0.05) is 18.2 Å². The maximum atomic E-state index is 13.3. The summed E-state index contributed by atoms with van der Waals surface area (Å²) in [5, 5.41) is 0. The SMILES string of the molecule is Cn1cnc2c(C(=O)N3CC(COc4ccccc4)OC(C)(C)C3)ccnc21. The van der Waals surface area contributed by atoms with Crippen LogP contribution in [0.5, 0.6) is 5.75 Å². The van der Waals surface area contributed by atoms with Gasteiger partial charge in [0.25, 0.3) is 5.91 Å². The van der Waals surface area contributed by atoms with Gasteiger partial charge in [-0.2, -0.15) is 0 Å². The molecule has 146 valence electrons. The number of morpholine rings is 1. The third kappa shape index (κ3) is 3.71. The predicted octanol–water partition coefficient (Wildman–Crippen LogP) is 2.67. The maximum absolute atomic E-state index is 13.3. The van der Waals surface area contributed by atoms with Crippen LogP contribution in [0.3, 0.4) is 0 Å². The van der Waals surface area contributed by atoms with Crippen molar-refractivity contribution in [2.75, 3.05) is 19.7 Å². The summed E-state index contributed by atoms with van der Waals surface area (Å²) in [4.78, 5) is 23.8. The van der Waals surface area contributed by atoms with Crippen LogP contribution >= 0.6 is 0 Å². The number of hydrogen-bond acceptors (Lipinski definition) is 5. The molecule has 1 fully saturated rings. The molecule has 4 rings (SSSR count). The van der Waals surface area contributed by atoms with Crippen molar-refractivity contribution in [1.29, 1.82) is 0 Å². The molecule has 1 saturated heterocycles. The van der Waals surface area contributed by atoms with Crippen molar-refractivity contribution in [3.8, 4) is 5.75 Å². The number of carbonyl (C=O) groups excluding carboxylic acids is 1.